The highest BCUT2D eigenvalue weighted by Crippen LogP contribution is 2.37. The lowest BCUT2D eigenvalue weighted by Gasteiger charge is -2.30. The Kier molecular flexibility index (Phi) is 4.70. The lowest BCUT2D eigenvalue weighted by Crippen LogP contribution is -2.36. The van der Waals surface area contributed by atoms with Crippen LogP contribution in [0.5, 0.6) is 0 Å². The van der Waals surface area contributed by atoms with E-state index in [0.717, 1.165) is 25.2 Å². The van der Waals surface area contributed by atoms with Crippen LogP contribution in [0.3, 0.4) is 0 Å². The molecular formula is C16H24N4S. The van der Waals surface area contributed by atoms with Crippen molar-refractivity contribution in [1.29, 1.82) is 0 Å². The molecule has 1 aliphatic rings. The van der Waals surface area contributed by atoms with Crippen LogP contribution in [0.1, 0.15) is 48.4 Å². The van der Waals surface area contributed by atoms with E-state index in [1.807, 2.05) is 11.3 Å². The number of nitrogens with one attached hydrogen (secondary N) is 1. The van der Waals surface area contributed by atoms with Gasteiger partial charge in [0.15, 0.2) is 0 Å². The van der Waals surface area contributed by atoms with E-state index < -0.39 is 0 Å². The maximum Gasteiger partial charge on any atom is 0.138 e. The highest BCUT2D eigenvalue weighted by molar-refractivity contribution is 7.10. The van der Waals surface area contributed by atoms with Gasteiger partial charge in [0.25, 0.3) is 0 Å². The lowest BCUT2D eigenvalue weighted by molar-refractivity contribution is 0.399. The van der Waals surface area contributed by atoms with E-state index in [-0.39, 0.29) is 0 Å². The molecule has 2 heterocycles. The molecule has 5 heteroatoms. The van der Waals surface area contributed by atoms with E-state index in [4.69, 9.17) is 0 Å². The largest absolute Gasteiger partial charge is 0.316 e. The van der Waals surface area contributed by atoms with Gasteiger partial charge in [-0.3, -0.25) is 4.68 Å². The first-order valence-corrected chi connectivity index (χ1v) is 8.81. The zero-order chi connectivity index (χ0) is 14.7. The van der Waals surface area contributed by atoms with Gasteiger partial charge < -0.3 is 5.32 Å². The van der Waals surface area contributed by atoms with Crippen LogP contribution in [0.25, 0.3) is 0 Å². The average Bonchev–Trinajstić information content (AvgIpc) is 3.14. The summed E-state index contributed by atoms with van der Waals surface area (Å²) in [5.74, 6) is 1.72. The number of thiophene rings is 1. The molecule has 0 amide bonds. The monoisotopic (exact) mass is 304 g/mol. The van der Waals surface area contributed by atoms with Crippen LogP contribution in [-0.2, 0) is 19.4 Å². The zero-order valence-electron chi connectivity index (χ0n) is 12.9. The zero-order valence-corrected chi connectivity index (χ0v) is 13.7. The van der Waals surface area contributed by atoms with E-state index in [1.54, 1.807) is 16.8 Å². The molecule has 0 saturated carbocycles. The van der Waals surface area contributed by atoms with Crippen LogP contribution in [-0.4, -0.2) is 27.9 Å². The smallest absolute Gasteiger partial charge is 0.138 e. The molecule has 2 unspecified atom stereocenters. The molecule has 1 N–H and O–H groups in total. The Morgan fingerprint density at radius 2 is 2.43 bits per heavy atom. The topological polar surface area (TPSA) is 42.7 Å². The molecule has 0 fully saturated rings. The quantitative estimate of drug-likeness (QED) is 0.892. The first-order chi connectivity index (χ1) is 10.3. The van der Waals surface area contributed by atoms with E-state index in [1.165, 1.54) is 19.3 Å². The highest BCUT2D eigenvalue weighted by Gasteiger charge is 2.28. The third-order valence-corrected chi connectivity index (χ3v) is 5.48. The fraction of sp³-hybridized carbons (Fsp3) is 0.625. The molecule has 0 aromatic carbocycles. The molecule has 4 nitrogen and oxygen atoms in total. The summed E-state index contributed by atoms with van der Waals surface area (Å²) < 4.78 is 2.06. The van der Waals surface area contributed by atoms with Crippen molar-refractivity contribution in [3.63, 3.8) is 0 Å². The molecular weight excluding hydrogens is 280 g/mol. The van der Waals surface area contributed by atoms with Gasteiger partial charge in [-0.05, 0) is 49.7 Å². The predicted octanol–water partition coefficient (Wildman–Crippen LogP) is 3.00. The summed E-state index contributed by atoms with van der Waals surface area (Å²) in [6, 6.07) is 2.77. The van der Waals surface area contributed by atoms with Crippen molar-refractivity contribution in [3.05, 3.63) is 34.0 Å². The molecule has 2 aromatic rings. The summed E-state index contributed by atoms with van der Waals surface area (Å²) in [5, 5.41) is 10.1. The van der Waals surface area contributed by atoms with Crippen molar-refractivity contribution in [2.75, 3.05) is 7.05 Å². The van der Waals surface area contributed by atoms with E-state index >= 15 is 0 Å². The van der Waals surface area contributed by atoms with Gasteiger partial charge in [-0.25, -0.2) is 4.98 Å². The van der Waals surface area contributed by atoms with Crippen molar-refractivity contribution in [2.24, 2.45) is 0 Å². The van der Waals surface area contributed by atoms with Crippen molar-refractivity contribution in [2.45, 2.75) is 57.5 Å². The Bertz CT molecular complexity index is 574. The Morgan fingerprint density at radius 3 is 3.24 bits per heavy atom. The van der Waals surface area contributed by atoms with Crippen LogP contribution >= 0.6 is 11.3 Å². The summed E-state index contributed by atoms with van der Waals surface area (Å²) in [7, 11) is 2.08. The van der Waals surface area contributed by atoms with Crippen LogP contribution < -0.4 is 5.32 Å². The molecule has 2 aromatic heterocycles. The first-order valence-electron chi connectivity index (χ1n) is 7.93. The van der Waals surface area contributed by atoms with E-state index in [9.17, 15) is 0 Å². The maximum atomic E-state index is 4.48. The van der Waals surface area contributed by atoms with Gasteiger partial charge in [0.1, 0.15) is 12.2 Å². The Hall–Kier alpha value is -1.20. The minimum atomic E-state index is 0.443. The summed E-state index contributed by atoms with van der Waals surface area (Å²) in [6.45, 7) is 3.14. The normalized spacial score (nSPS) is 19.4. The molecule has 0 radical (unpaired) electrons. The number of aromatic nitrogens is 3. The van der Waals surface area contributed by atoms with E-state index in [2.05, 4.69) is 45.5 Å². The summed E-state index contributed by atoms with van der Waals surface area (Å²) in [5.41, 5.74) is 1.56. The Balaban J connectivity index is 1.79. The molecule has 0 aliphatic heterocycles. The second-order valence-corrected chi connectivity index (χ2v) is 6.80. The number of likely N-dealkylation sites (N-methyl/N-ethyl adjacent to an activating group) is 1. The second-order valence-electron chi connectivity index (χ2n) is 5.80. The van der Waals surface area contributed by atoms with Gasteiger partial charge in [-0.2, -0.15) is 5.10 Å². The fourth-order valence-electron chi connectivity index (χ4n) is 3.43. The third-order valence-electron chi connectivity index (χ3n) is 4.49. The number of hydrogen-bond acceptors (Lipinski definition) is 4. The molecule has 114 valence electrons. The Morgan fingerprint density at radius 1 is 1.52 bits per heavy atom. The molecule has 3 rings (SSSR count). The van der Waals surface area contributed by atoms with Gasteiger partial charge >= 0.3 is 0 Å². The predicted molar refractivity (Wildman–Crippen MR) is 86.9 cm³/mol. The molecule has 21 heavy (non-hydrogen) atoms. The average molecular weight is 304 g/mol. The van der Waals surface area contributed by atoms with Crippen LogP contribution in [0.15, 0.2) is 17.8 Å². The van der Waals surface area contributed by atoms with Gasteiger partial charge in [0, 0.05) is 29.8 Å². The lowest BCUT2D eigenvalue weighted by atomic mass is 9.81. The first kappa shape index (κ1) is 14.7. The van der Waals surface area contributed by atoms with Crippen molar-refractivity contribution >= 4 is 11.3 Å². The van der Waals surface area contributed by atoms with Gasteiger partial charge in [-0.1, -0.05) is 6.92 Å². The molecule has 0 saturated heterocycles. The minimum absolute atomic E-state index is 0.443. The minimum Gasteiger partial charge on any atom is -0.316 e. The molecule has 2 atom stereocenters. The van der Waals surface area contributed by atoms with Gasteiger partial charge in [-0.15, -0.1) is 11.3 Å². The third kappa shape index (κ3) is 3.04. The summed E-state index contributed by atoms with van der Waals surface area (Å²) in [6.07, 6.45) is 7.57. The van der Waals surface area contributed by atoms with Crippen LogP contribution in [0.2, 0.25) is 0 Å². The standard InChI is InChI=1S/C16H24N4S/c1-3-8-20-16(18-11-19-20)10-14(17-2)12-5-4-6-15-13(12)7-9-21-15/h7,9,11-12,14,17H,3-6,8,10H2,1-2H3. The summed E-state index contributed by atoms with van der Waals surface area (Å²) in [4.78, 5) is 6.06. The van der Waals surface area contributed by atoms with E-state index in [0.29, 0.717) is 12.0 Å². The van der Waals surface area contributed by atoms with Crippen molar-refractivity contribution < 1.29 is 0 Å². The van der Waals surface area contributed by atoms with Crippen molar-refractivity contribution in [1.82, 2.24) is 20.1 Å². The van der Waals surface area contributed by atoms with Crippen LogP contribution in [0, 0.1) is 0 Å². The number of hydrogen-bond donors (Lipinski definition) is 1. The van der Waals surface area contributed by atoms with Crippen LogP contribution in [0.4, 0.5) is 0 Å². The maximum absolute atomic E-state index is 4.48. The number of fused-ring (bicyclic) bond motifs is 1. The number of aryl methyl sites for hydroxylation is 2. The highest BCUT2D eigenvalue weighted by atomic mass is 32.1. The van der Waals surface area contributed by atoms with Gasteiger partial charge in [0.05, 0.1) is 0 Å². The molecule has 0 bridgehead atoms. The fourth-order valence-corrected chi connectivity index (χ4v) is 4.42. The SMILES string of the molecule is CCCn1ncnc1CC(NC)C1CCCc2sccc21. The summed E-state index contributed by atoms with van der Waals surface area (Å²) >= 11 is 1.92. The van der Waals surface area contributed by atoms with Crippen molar-refractivity contribution in [3.8, 4) is 0 Å². The number of rotatable bonds is 6. The second kappa shape index (κ2) is 6.71. The number of nitrogens with zero attached hydrogens (tertiary/aromatic N) is 3. The molecule has 0 spiro atoms. The van der Waals surface area contributed by atoms with Gasteiger partial charge in [0.2, 0.25) is 0 Å². The Labute approximate surface area is 130 Å². The molecule has 1 aliphatic carbocycles.